The molecule has 0 aliphatic carbocycles. The first kappa shape index (κ1) is 24.6. The van der Waals surface area contributed by atoms with Crippen LogP contribution in [0.4, 0.5) is 0 Å². The van der Waals surface area contributed by atoms with E-state index in [9.17, 15) is 4.79 Å². The van der Waals surface area contributed by atoms with Crippen molar-refractivity contribution in [2.45, 2.75) is 25.9 Å². The first-order chi connectivity index (χ1) is 17.1. The first-order valence-corrected chi connectivity index (χ1v) is 11.8. The van der Waals surface area contributed by atoms with E-state index in [-0.39, 0.29) is 0 Å². The van der Waals surface area contributed by atoms with Crippen molar-refractivity contribution in [1.82, 2.24) is 9.97 Å². The molecule has 1 heterocycles. The Morgan fingerprint density at radius 1 is 0.943 bits per heavy atom. The molecule has 0 aliphatic heterocycles. The number of benzene rings is 3. The van der Waals surface area contributed by atoms with Crippen LogP contribution in [0.2, 0.25) is 5.02 Å². The van der Waals surface area contributed by atoms with Gasteiger partial charge in [0.25, 0.3) is 0 Å². The number of nitrogens with zero attached hydrogens (tertiary/aromatic N) is 2. The Balaban J connectivity index is 1.41. The predicted octanol–water partition coefficient (Wildman–Crippen LogP) is 6.35. The monoisotopic (exact) mass is 490 g/mol. The summed E-state index contributed by atoms with van der Waals surface area (Å²) in [7, 11) is 1.36. The van der Waals surface area contributed by atoms with Crippen LogP contribution in [0.15, 0.2) is 72.8 Å². The molecule has 0 saturated heterocycles. The summed E-state index contributed by atoms with van der Waals surface area (Å²) in [6.07, 6.45) is 0.676. The standard InChI is InChI=1S/C28H27ClN2O4/c1-19-10-6-7-13-22(19)26-30-24-15-14-21(29)18-23(24)27(31-26)35-17-9-8-16-34-25(28(32)33-2)20-11-4-3-5-12-20/h3-7,10-15,18,25H,8-9,16-17H2,1-2H3. The van der Waals surface area contributed by atoms with Gasteiger partial charge in [-0.25, -0.2) is 9.78 Å². The van der Waals surface area contributed by atoms with Crippen LogP contribution in [-0.4, -0.2) is 36.3 Å². The minimum Gasteiger partial charge on any atom is -0.477 e. The van der Waals surface area contributed by atoms with Gasteiger partial charge in [-0.05, 0) is 49.1 Å². The molecule has 35 heavy (non-hydrogen) atoms. The normalized spacial score (nSPS) is 11.9. The highest BCUT2D eigenvalue weighted by Gasteiger charge is 2.21. The van der Waals surface area contributed by atoms with Gasteiger partial charge in [0.05, 0.1) is 24.6 Å². The number of ether oxygens (including phenoxy) is 3. The summed E-state index contributed by atoms with van der Waals surface area (Å²) < 4.78 is 16.8. The summed E-state index contributed by atoms with van der Waals surface area (Å²) in [5.41, 5.74) is 3.58. The van der Waals surface area contributed by atoms with E-state index in [4.69, 9.17) is 35.8 Å². The first-order valence-electron chi connectivity index (χ1n) is 11.5. The molecule has 0 aliphatic rings. The zero-order valence-electron chi connectivity index (χ0n) is 19.7. The fourth-order valence-corrected chi connectivity index (χ4v) is 3.91. The highest BCUT2D eigenvalue weighted by atomic mass is 35.5. The molecular formula is C28H27ClN2O4. The average molecular weight is 491 g/mol. The number of halogens is 1. The van der Waals surface area contributed by atoms with Crippen molar-refractivity contribution in [2.75, 3.05) is 20.3 Å². The quantitative estimate of drug-likeness (QED) is 0.190. The number of carbonyl (C=O) groups is 1. The molecule has 0 fully saturated rings. The lowest BCUT2D eigenvalue weighted by molar-refractivity contribution is -0.154. The van der Waals surface area contributed by atoms with E-state index in [1.165, 1.54) is 7.11 Å². The molecule has 1 aromatic heterocycles. The maximum absolute atomic E-state index is 12.1. The summed E-state index contributed by atoms with van der Waals surface area (Å²) in [6, 6.07) is 22.8. The molecule has 1 unspecified atom stereocenters. The van der Waals surface area contributed by atoms with Crippen LogP contribution in [0, 0.1) is 6.92 Å². The Morgan fingerprint density at radius 2 is 1.69 bits per heavy atom. The Kier molecular flexibility index (Phi) is 8.29. The van der Waals surface area contributed by atoms with Crippen LogP contribution >= 0.6 is 11.6 Å². The summed E-state index contributed by atoms with van der Waals surface area (Å²) in [6.45, 7) is 2.86. The average Bonchev–Trinajstić information content (AvgIpc) is 2.88. The van der Waals surface area contributed by atoms with Gasteiger partial charge in [-0.3, -0.25) is 0 Å². The smallest absolute Gasteiger partial charge is 0.339 e. The zero-order chi connectivity index (χ0) is 24.6. The number of aryl methyl sites for hydroxylation is 1. The van der Waals surface area contributed by atoms with Crippen LogP contribution in [0.25, 0.3) is 22.3 Å². The lowest BCUT2D eigenvalue weighted by Gasteiger charge is -2.16. The number of carbonyl (C=O) groups excluding carboxylic acids is 1. The van der Waals surface area contributed by atoms with Crippen molar-refractivity contribution in [3.05, 3.63) is 88.9 Å². The van der Waals surface area contributed by atoms with Gasteiger partial charge in [0.15, 0.2) is 11.9 Å². The lowest BCUT2D eigenvalue weighted by atomic mass is 10.1. The van der Waals surface area contributed by atoms with E-state index in [0.717, 1.165) is 27.6 Å². The molecule has 0 saturated carbocycles. The highest BCUT2D eigenvalue weighted by molar-refractivity contribution is 6.31. The Hall–Kier alpha value is -3.48. The molecule has 0 bridgehead atoms. The van der Waals surface area contributed by atoms with Crippen LogP contribution in [-0.2, 0) is 14.3 Å². The second kappa shape index (κ2) is 11.8. The van der Waals surface area contributed by atoms with Gasteiger partial charge in [0.2, 0.25) is 5.88 Å². The SMILES string of the molecule is COC(=O)C(OCCCCOc1nc(-c2ccccc2C)nc2ccc(Cl)cc12)c1ccccc1. The van der Waals surface area contributed by atoms with Crippen molar-refractivity contribution in [3.8, 4) is 17.3 Å². The molecule has 0 amide bonds. The van der Waals surface area contributed by atoms with E-state index in [1.807, 2.05) is 79.7 Å². The molecule has 0 radical (unpaired) electrons. The predicted molar refractivity (Wildman–Crippen MR) is 137 cm³/mol. The van der Waals surface area contributed by atoms with Crippen LogP contribution in [0.1, 0.15) is 30.1 Å². The number of hydrogen-bond acceptors (Lipinski definition) is 6. The van der Waals surface area contributed by atoms with Crippen molar-refractivity contribution in [1.29, 1.82) is 0 Å². The summed E-state index contributed by atoms with van der Waals surface area (Å²) in [5.74, 6) is 0.689. The van der Waals surface area contributed by atoms with E-state index in [1.54, 1.807) is 0 Å². The van der Waals surface area contributed by atoms with Crippen LogP contribution in [0.3, 0.4) is 0 Å². The second-order valence-corrected chi connectivity index (χ2v) is 8.51. The van der Waals surface area contributed by atoms with E-state index < -0.39 is 12.1 Å². The maximum atomic E-state index is 12.1. The summed E-state index contributed by atoms with van der Waals surface area (Å²) in [4.78, 5) is 21.6. The van der Waals surface area contributed by atoms with Gasteiger partial charge in [0, 0.05) is 17.2 Å². The molecule has 6 nitrogen and oxygen atoms in total. The Labute approximate surface area is 209 Å². The summed E-state index contributed by atoms with van der Waals surface area (Å²) >= 11 is 6.23. The van der Waals surface area contributed by atoms with E-state index in [0.29, 0.717) is 42.8 Å². The molecule has 4 aromatic rings. The Morgan fingerprint density at radius 3 is 2.46 bits per heavy atom. The van der Waals surface area contributed by atoms with E-state index >= 15 is 0 Å². The van der Waals surface area contributed by atoms with Crippen molar-refractivity contribution >= 4 is 28.5 Å². The van der Waals surface area contributed by atoms with Crippen molar-refractivity contribution in [2.24, 2.45) is 0 Å². The Bertz CT molecular complexity index is 1300. The molecule has 4 rings (SSSR count). The van der Waals surface area contributed by atoms with Gasteiger partial charge in [0.1, 0.15) is 0 Å². The third-order valence-corrected chi connectivity index (χ3v) is 5.82. The minimum atomic E-state index is -0.744. The summed E-state index contributed by atoms with van der Waals surface area (Å²) in [5, 5.41) is 1.36. The van der Waals surface area contributed by atoms with Crippen molar-refractivity contribution in [3.63, 3.8) is 0 Å². The number of fused-ring (bicyclic) bond motifs is 1. The molecule has 0 spiro atoms. The van der Waals surface area contributed by atoms with Gasteiger partial charge < -0.3 is 14.2 Å². The fourth-order valence-electron chi connectivity index (χ4n) is 3.74. The minimum absolute atomic E-state index is 0.392. The van der Waals surface area contributed by atoms with E-state index in [2.05, 4.69) is 0 Å². The molecule has 7 heteroatoms. The van der Waals surface area contributed by atoms with Gasteiger partial charge in [-0.2, -0.15) is 4.98 Å². The zero-order valence-corrected chi connectivity index (χ0v) is 20.5. The molecule has 1 atom stereocenters. The maximum Gasteiger partial charge on any atom is 0.339 e. The van der Waals surface area contributed by atoms with Crippen LogP contribution < -0.4 is 4.74 Å². The van der Waals surface area contributed by atoms with Crippen LogP contribution in [0.5, 0.6) is 5.88 Å². The third kappa shape index (κ3) is 6.15. The highest BCUT2D eigenvalue weighted by Crippen LogP contribution is 2.30. The largest absolute Gasteiger partial charge is 0.477 e. The molecule has 0 N–H and O–H groups in total. The number of esters is 1. The van der Waals surface area contributed by atoms with Gasteiger partial charge in [-0.15, -0.1) is 0 Å². The second-order valence-electron chi connectivity index (χ2n) is 8.07. The molecule has 3 aromatic carbocycles. The number of methoxy groups -OCH3 is 1. The molecule has 180 valence electrons. The third-order valence-electron chi connectivity index (χ3n) is 5.59. The van der Waals surface area contributed by atoms with Gasteiger partial charge >= 0.3 is 5.97 Å². The number of unbranched alkanes of at least 4 members (excludes halogenated alkanes) is 1. The van der Waals surface area contributed by atoms with Gasteiger partial charge in [-0.1, -0.05) is 66.2 Å². The lowest BCUT2D eigenvalue weighted by Crippen LogP contribution is -2.18. The van der Waals surface area contributed by atoms with Crippen molar-refractivity contribution < 1.29 is 19.0 Å². The fraction of sp³-hybridized carbons (Fsp3) is 0.250. The molecular weight excluding hydrogens is 464 g/mol. The number of aromatic nitrogens is 2. The number of hydrogen-bond donors (Lipinski definition) is 0. The topological polar surface area (TPSA) is 70.5 Å². The number of rotatable bonds is 10.